The average Bonchev–Trinajstić information content (AvgIpc) is 2.82. The van der Waals surface area contributed by atoms with Gasteiger partial charge in [-0.3, -0.25) is 4.68 Å². The van der Waals surface area contributed by atoms with E-state index in [4.69, 9.17) is 10.1 Å². The molecule has 4 heterocycles. The summed E-state index contributed by atoms with van der Waals surface area (Å²) in [4.78, 5) is 7.44. The van der Waals surface area contributed by atoms with Crippen LogP contribution in [0.1, 0.15) is 57.6 Å². The van der Waals surface area contributed by atoms with Gasteiger partial charge in [0, 0.05) is 31.6 Å². The third-order valence-corrected chi connectivity index (χ3v) is 6.20. The van der Waals surface area contributed by atoms with E-state index in [2.05, 4.69) is 29.3 Å². The SMILES string of the molecule is CC1CC(CCc2nn(C)c3nc(N4CCCCCC4)ccc23)CCN1. The van der Waals surface area contributed by atoms with E-state index in [1.165, 1.54) is 56.0 Å². The fraction of sp³-hybridized carbons (Fsp3) is 0.714. The summed E-state index contributed by atoms with van der Waals surface area (Å²) in [5.41, 5.74) is 2.27. The number of fused-ring (bicyclic) bond motifs is 1. The van der Waals surface area contributed by atoms with Crippen molar-refractivity contribution in [1.29, 1.82) is 0 Å². The monoisotopic (exact) mass is 355 g/mol. The second-order valence-electron chi connectivity index (χ2n) is 8.30. The number of nitrogens with zero attached hydrogens (tertiary/aromatic N) is 4. The lowest BCUT2D eigenvalue weighted by Gasteiger charge is -2.27. The Balaban J connectivity index is 1.50. The van der Waals surface area contributed by atoms with Crippen molar-refractivity contribution < 1.29 is 0 Å². The van der Waals surface area contributed by atoms with Gasteiger partial charge >= 0.3 is 0 Å². The van der Waals surface area contributed by atoms with Crippen molar-refractivity contribution in [3.63, 3.8) is 0 Å². The van der Waals surface area contributed by atoms with E-state index in [-0.39, 0.29) is 0 Å². The molecule has 26 heavy (non-hydrogen) atoms. The molecular formula is C21H33N5. The Morgan fingerprint density at radius 2 is 1.96 bits per heavy atom. The molecule has 142 valence electrons. The van der Waals surface area contributed by atoms with Crippen LogP contribution >= 0.6 is 0 Å². The summed E-state index contributed by atoms with van der Waals surface area (Å²) in [6, 6.07) is 5.13. The summed E-state index contributed by atoms with van der Waals surface area (Å²) < 4.78 is 1.98. The molecule has 4 rings (SSSR count). The molecule has 5 nitrogen and oxygen atoms in total. The molecule has 2 aromatic rings. The maximum absolute atomic E-state index is 4.98. The number of aromatic nitrogens is 3. The molecular weight excluding hydrogens is 322 g/mol. The topological polar surface area (TPSA) is 46.0 Å². The Hall–Kier alpha value is -1.62. The van der Waals surface area contributed by atoms with Gasteiger partial charge in [-0.15, -0.1) is 0 Å². The van der Waals surface area contributed by atoms with Gasteiger partial charge in [0.2, 0.25) is 0 Å². The predicted molar refractivity (Wildman–Crippen MR) is 108 cm³/mol. The summed E-state index contributed by atoms with van der Waals surface area (Å²) in [6.07, 6.45) is 10.2. The van der Waals surface area contributed by atoms with E-state index in [1.54, 1.807) is 0 Å². The normalized spacial score (nSPS) is 24.8. The second-order valence-corrected chi connectivity index (χ2v) is 8.30. The number of nitrogens with one attached hydrogen (secondary N) is 1. The van der Waals surface area contributed by atoms with Crippen LogP contribution < -0.4 is 10.2 Å². The van der Waals surface area contributed by atoms with E-state index < -0.39 is 0 Å². The van der Waals surface area contributed by atoms with Crippen molar-refractivity contribution in [1.82, 2.24) is 20.1 Å². The van der Waals surface area contributed by atoms with E-state index in [9.17, 15) is 0 Å². The minimum Gasteiger partial charge on any atom is -0.357 e. The van der Waals surface area contributed by atoms with Gasteiger partial charge in [0.05, 0.1) is 5.69 Å². The third kappa shape index (κ3) is 3.88. The van der Waals surface area contributed by atoms with Crippen LogP contribution in [0.2, 0.25) is 0 Å². The van der Waals surface area contributed by atoms with E-state index in [0.29, 0.717) is 6.04 Å². The highest BCUT2D eigenvalue weighted by Gasteiger charge is 2.20. The van der Waals surface area contributed by atoms with Crippen molar-refractivity contribution in [3.05, 3.63) is 17.8 Å². The van der Waals surface area contributed by atoms with Crippen LogP contribution in [0.4, 0.5) is 5.82 Å². The molecule has 0 bridgehead atoms. The Labute approximate surface area is 157 Å². The largest absolute Gasteiger partial charge is 0.357 e. The number of anilines is 1. The van der Waals surface area contributed by atoms with Crippen LogP contribution in [0.5, 0.6) is 0 Å². The van der Waals surface area contributed by atoms with Crippen molar-refractivity contribution >= 4 is 16.9 Å². The molecule has 1 N–H and O–H groups in total. The number of rotatable bonds is 4. The molecule has 2 aliphatic rings. The van der Waals surface area contributed by atoms with Gasteiger partial charge in [-0.05, 0) is 70.0 Å². The van der Waals surface area contributed by atoms with Crippen molar-refractivity contribution in [2.75, 3.05) is 24.5 Å². The van der Waals surface area contributed by atoms with E-state index in [0.717, 1.165) is 43.4 Å². The maximum atomic E-state index is 4.98. The Kier molecular flexibility index (Phi) is 5.44. The van der Waals surface area contributed by atoms with Crippen LogP contribution in [0.3, 0.4) is 0 Å². The highest BCUT2D eigenvalue weighted by Crippen LogP contribution is 2.26. The minimum atomic E-state index is 0.659. The lowest BCUT2D eigenvalue weighted by Crippen LogP contribution is -2.35. The first-order valence-corrected chi connectivity index (χ1v) is 10.5. The Morgan fingerprint density at radius 3 is 2.73 bits per heavy atom. The molecule has 2 atom stereocenters. The van der Waals surface area contributed by atoms with Crippen LogP contribution in [-0.2, 0) is 13.5 Å². The zero-order valence-electron chi connectivity index (χ0n) is 16.4. The molecule has 0 saturated carbocycles. The first-order chi connectivity index (χ1) is 12.7. The van der Waals surface area contributed by atoms with Gasteiger partial charge in [-0.1, -0.05) is 12.8 Å². The third-order valence-electron chi connectivity index (χ3n) is 6.20. The highest BCUT2D eigenvalue weighted by atomic mass is 15.3. The van der Waals surface area contributed by atoms with E-state index in [1.807, 2.05) is 11.7 Å². The molecule has 0 aliphatic carbocycles. The summed E-state index contributed by atoms with van der Waals surface area (Å²) in [7, 11) is 2.04. The zero-order chi connectivity index (χ0) is 17.9. The van der Waals surface area contributed by atoms with Gasteiger partial charge in [-0.2, -0.15) is 5.10 Å². The average molecular weight is 356 g/mol. The molecule has 5 heteroatoms. The second kappa shape index (κ2) is 7.95. The first-order valence-electron chi connectivity index (χ1n) is 10.5. The van der Waals surface area contributed by atoms with Gasteiger partial charge in [0.25, 0.3) is 0 Å². The summed E-state index contributed by atoms with van der Waals surface area (Å²) in [5, 5.41) is 9.61. The lowest BCUT2D eigenvalue weighted by atomic mass is 9.89. The number of pyridine rings is 1. The standard InChI is InChI=1S/C21H33N5/c1-16-15-17(11-12-22-16)7-9-19-18-8-10-20(23-21(18)25(2)24-19)26-13-5-3-4-6-14-26/h8,10,16-17,22H,3-7,9,11-15H2,1-2H3. The lowest BCUT2D eigenvalue weighted by molar-refractivity contribution is 0.300. The number of piperidine rings is 1. The van der Waals surface area contributed by atoms with Crippen molar-refractivity contribution in [2.24, 2.45) is 13.0 Å². The van der Waals surface area contributed by atoms with Crippen molar-refractivity contribution in [2.45, 2.75) is 64.3 Å². The number of hydrogen-bond acceptors (Lipinski definition) is 4. The smallest absolute Gasteiger partial charge is 0.160 e. The molecule has 0 radical (unpaired) electrons. The molecule has 2 fully saturated rings. The van der Waals surface area contributed by atoms with Gasteiger partial charge in [-0.25, -0.2) is 4.98 Å². The van der Waals surface area contributed by atoms with Gasteiger partial charge in [0.15, 0.2) is 5.65 Å². The quantitative estimate of drug-likeness (QED) is 0.909. The maximum Gasteiger partial charge on any atom is 0.160 e. The molecule has 2 unspecified atom stereocenters. The zero-order valence-corrected chi connectivity index (χ0v) is 16.4. The molecule has 0 spiro atoms. The molecule has 2 saturated heterocycles. The Bertz CT molecular complexity index is 729. The fourth-order valence-electron chi connectivity index (χ4n) is 4.69. The fourth-order valence-corrected chi connectivity index (χ4v) is 4.69. The minimum absolute atomic E-state index is 0.659. The molecule has 2 aliphatic heterocycles. The Morgan fingerprint density at radius 1 is 1.15 bits per heavy atom. The highest BCUT2D eigenvalue weighted by molar-refractivity contribution is 5.80. The van der Waals surface area contributed by atoms with Gasteiger partial charge < -0.3 is 10.2 Å². The van der Waals surface area contributed by atoms with Crippen LogP contribution in [0, 0.1) is 5.92 Å². The van der Waals surface area contributed by atoms with Crippen molar-refractivity contribution in [3.8, 4) is 0 Å². The van der Waals surface area contributed by atoms with Crippen LogP contribution in [0.15, 0.2) is 12.1 Å². The predicted octanol–water partition coefficient (Wildman–Crippen LogP) is 3.67. The number of hydrogen-bond donors (Lipinski definition) is 1. The number of aryl methyl sites for hydroxylation is 2. The van der Waals surface area contributed by atoms with Crippen LogP contribution in [-0.4, -0.2) is 40.4 Å². The van der Waals surface area contributed by atoms with E-state index >= 15 is 0 Å². The summed E-state index contributed by atoms with van der Waals surface area (Å²) in [5.74, 6) is 1.95. The molecule has 2 aromatic heterocycles. The molecule has 0 aromatic carbocycles. The van der Waals surface area contributed by atoms with Gasteiger partial charge in [0.1, 0.15) is 5.82 Å². The summed E-state index contributed by atoms with van der Waals surface area (Å²) in [6.45, 7) is 5.74. The first kappa shape index (κ1) is 17.8. The summed E-state index contributed by atoms with van der Waals surface area (Å²) >= 11 is 0. The molecule has 0 amide bonds. The van der Waals surface area contributed by atoms with Crippen LogP contribution in [0.25, 0.3) is 11.0 Å².